The summed E-state index contributed by atoms with van der Waals surface area (Å²) in [5.74, 6) is 1.46. The van der Waals surface area contributed by atoms with Crippen LogP contribution >= 0.6 is 34.3 Å². The first-order valence-electron chi connectivity index (χ1n) is 7.71. The van der Waals surface area contributed by atoms with Crippen LogP contribution in [0.1, 0.15) is 34.1 Å². The molecule has 3 heterocycles. The summed E-state index contributed by atoms with van der Waals surface area (Å²) in [5, 5.41) is 5.82. The third-order valence-corrected chi connectivity index (χ3v) is 6.29. The average molecular weight is 365 g/mol. The summed E-state index contributed by atoms with van der Waals surface area (Å²) in [6.07, 6.45) is 3.38. The Morgan fingerprint density at radius 3 is 2.91 bits per heavy atom. The number of rotatable bonds is 6. The number of hydrogen-bond donors (Lipinski definition) is 2. The molecular weight excluding hydrogens is 348 g/mol. The lowest BCUT2D eigenvalue weighted by Gasteiger charge is -2.06. The van der Waals surface area contributed by atoms with Gasteiger partial charge in [-0.2, -0.15) is 4.98 Å². The zero-order chi connectivity index (χ0) is 15.8. The van der Waals surface area contributed by atoms with Crippen LogP contribution in [0.5, 0.6) is 0 Å². The van der Waals surface area contributed by atoms with Gasteiger partial charge >= 0.3 is 0 Å². The smallest absolute Gasteiger partial charge is 0.224 e. The molecule has 4 nitrogen and oxygen atoms in total. The summed E-state index contributed by atoms with van der Waals surface area (Å²) in [6, 6.07) is 4.17. The summed E-state index contributed by atoms with van der Waals surface area (Å²) in [4.78, 5) is 11.6. The van der Waals surface area contributed by atoms with Gasteiger partial charge in [0.15, 0.2) is 0 Å². The van der Waals surface area contributed by atoms with E-state index in [4.69, 9.17) is 17.3 Å². The second-order valence-electron chi connectivity index (χ2n) is 5.70. The van der Waals surface area contributed by atoms with Crippen LogP contribution in [-0.4, -0.2) is 16.5 Å². The molecule has 0 unspecified atom stereocenters. The van der Waals surface area contributed by atoms with Gasteiger partial charge in [0.25, 0.3) is 0 Å². The van der Waals surface area contributed by atoms with E-state index in [-0.39, 0.29) is 0 Å². The number of fused-ring (bicyclic) bond motifs is 1. The Bertz CT molecular complexity index is 824. The molecule has 0 spiro atoms. The topological polar surface area (TPSA) is 63.8 Å². The first-order chi connectivity index (χ1) is 11.3. The summed E-state index contributed by atoms with van der Waals surface area (Å²) in [6.45, 7) is 1.41. The highest BCUT2D eigenvalue weighted by atomic mass is 35.5. The second kappa shape index (κ2) is 6.36. The Labute approximate surface area is 147 Å². The summed E-state index contributed by atoms with van der Waals surface area (Å²) >= 11 is 9.69. The van der Waals surface area contributed by atoms with E-state index in [0.29, 0.717) is 17.7 Å². The molecule has 3 aromatic rings. The Kier molecular flexibility index (Phi) is 4.24. The van der Waals surface area contributed by atoms with Gasteiger partial charge in [-0.15, -0.1) is 22.7 Å². The first-order valence-corrected chi connectivity index (χ1v) is 9.79. The third-order valence-electron chi connectivity index (χ3n) is 3.99. The maximum atomic E-state index is 6.19. The Balaban J connectivity index is 1.76. The van der Waals surface area contributed by atoms with Crippen LogP contribution < -0.4 is 11.1 Å². The van der Waals surface area contributed by atoms with Crippen LogP contribution in [0.3, 0.4) is 0 Å². The molecule has 4 rings (SSSR count). The van der Waals surface area contributed by atoms with E-state index < -0.39 is 0 Å². The molecule has 7 heteroatoms. The molecular formula is C16H17ClN4S2. The molecule has 1 aliphatic rings. The van der Waals surface area contributed by atoms with Crippen molar-refractivity contribution in [2.24, 2.45) is 5.73 Å². The van der Waals surface area contributed by atoms with Gasteiger partial charge in [0, 0.05) is 9.75 Å². The van der Waals surface area contributed by atoms with Crippen LogP contribution in [0.25, 0.3) is 10.2 Å². The highest BCUT2D eigenvalue weighted by Crippen LogP contribution is 2.48. The molecule has 0 saturated heterocycles. The van der Waals surface area contributed by atoms with Crippen LogP contribution in [0.2, 0.25) is 5.28 Å². The van der Waals surface area contributed by atoms with Crippen molar-refractivity contribution in [2.75, 3.05) is 11.9 Å². The maximum absolute atomic E-state index is 6.19. The number of nitrogens with zero attached hydrogens (tertiary/aromatic N) is 2. The minimum absolute atomic E-state index is 0.310. The first kappa shape index (κ1) is 15.3. The van der Waals surface area contributed by atoms with E-state index >= 15 is 0 Å². The van der Waals surface area contributed by atoms with Gasteiger partial charge < -0.3 is 11.1 Å². The predicted octanol–water partition coefficient (Wildman–Crippen LogP) is 4.40. The van der Waals surface area contributed by atoms with Gasteiger partial charge in [0.2, 0.25) is 5.28 Å². The summed E-state index contributed by atoms with van der Waals surface area (Å²) in [7, 11) is 0. The molecule has 0 bridgehead atoms. The van der Waals surface area contributed by atoms with Gasteiger partial charge in [-0.1, -0.05) is 6.07 Å². The van der Waals surface area contributed by atoms with Crippen molar-refractivity contribution in [3.63, 3.8) is 0 Å². The SMILES string of the molecule is NCCc1sc2c(NCc3cccs3)nc(Cl)nc2c1C1CC1. The molecule has 1 aliphatic carbocycles. The molecule has 120 valence electrons. The van der Waals surface area contributed by atoms with Crippen LogP contribution in [0.15, 0.2) is 17.5 Å². The quantitative estimate of drug-likeness (QED) is 0.636. The summed E-state index contributed by atoms with van der Waals surface area (Å²) < 4.78 is 1.11. The van der Waals surface area contributed by atoms with Crippen molar-refractivity contribution in [2.45, 2.75) is 31.7 Å². The van der Waals surface area contributed by atoms with Gasteiger partial charge in [-0.3, -0.25) is 0 Å². The number of aromatic nitrogens is 2. The number of nitrogens with two attached hydrogens (primary N) is 1. The van der Waals surface area contributed by atoms with Gasteiger partial charge in [0.05, 0.1) is 16.8 Å². The normalized spacial score (nSPS) is 14.5. The lowest BCUT2D eigenvalue weighted by atomic mass is 10.1. The van der Waals surface area contributed by atoms with Crippen molar-refractivity contribution in [1.82, 2.24) is 9.97 Å². The Morgan fingerprint density at radius 1 is 1.35 bits per heavy atom. The largest absolute Gasteiger partial charge is 0.364 e. The van der Waals surface area contributed by atoms with E-state index in [2.05, 4.69) is 32.8 Å². The van der Waals surface area contributed by atoms with Crippen LogP contribution in [-0.2, 0) is 13.0 Å². The van der Waals surface area contributed by atoms with E-state index in [1.54, 1.807) is 22.7 Å². The lowest BCUT2D eigenvalue weighted by molar-refractivity contribution is 0.962. The van der Waals surface area contributed by atoms with Gasteiger partial charge in [0.1, 0.15) is 5.82 Å². The fourth-order valence-electron chi connectivity index (χ4n) is 2.83. The highest BCUT2D eigenvalue weighted by molar-refractivity contribution is 7.19. The fourth-order valence-corrected chi connectivity index (χ4v) is 4.95. The second-order valence-corrected chi connectivity index (χ2v) is 8.18. The molecule has 0 atom stereocenters. The van der Waals surface area contributed by atoms with Gasteiger partial charge in [-0.05, 0) is 60.3 Å². The van der Waals surface area contributed by atoms with E-state index in [1.807, 2.05) is 0 Å². The molecule has 0 radical (unpaired) electrons. The number of nitrogens with one attached hydrogen (secondary N) is 1. The lowest BCUT2D eigenvalue weighted by Crippen LogP contribution is -2.03. The van der Waals surface area contributed by atoms with Crippen LogP contribution in [0.4, 0.5) is 5.82 Å². The standard InChI is InChI=1S/C16H17ClN4S2/c17-16-20-13-12(9-3-4-9)11(5-6-18)23-14(13)15(21-16)19-8-10-2-1-7-22-10/h1-2,7,9H,3-6,8,18H2,(H,19,20,21). The number of halogens is 1. The zero-order valence-corrected chi connectivity index (χ0v) is 14.9. The number of thiophene rings is 2. The molecule has 3 N–H and O–H groups in total. The van der Waals surface area contributed by atoms with Crippen molar-refractivity contribution in [1.29, 1.82) is 0 Å². The molecule has 1 saturated carbocycles. The van der Waals surface area contributed by atoms with E-state index in [9.17, 15) is 0 Å². The Morgan fingerprint density at radius 2 is 2.22 bits per heavy atom. The number of anilines is 1. The van der Waals surface area contributed by atoms with Gasteiger partial charge in [-0.25, -0.2) is 4.98 Å². The fraction of sp³-hybridized carbons (Fsp3) is 0.375. The summed E-state index contributed by atoms with van der Waals surface area (Å²) in [5.41, 5.74) is 8.18. The molecule has 0 aromatic carbocycles. The van der Waals surface area contributed by atoms with Crippen molar-refractivity contribution in [3.05, 3.63) is 38.1 Å². The molecule has 23 heavy (non-hydrogen) atoms. The molecule has 0 amide bonds. The van der Waals surface area contributed by atoms with Crippen molar-refractivity contribution < 1.29 is 0 Å². The predicted molar refractivity (Wildman–Crippen MR) is 98.8 cm³/mol. The minimum atomic E-state index is 0.310. The third kappa shape index (κ3) is 3.08. The maximum Gasteiger partial charge on any atom is 0.224 e. The van der Waals surface area contributed by atoms with Crippen LogP contribution in [0, 0.1) is 0 Å². The molecule has 3 aromatic heterocycles. The van der Waals surface area contributed by atoms with E-state index in [0.717, 1.165) is 29.0 Å². The molecule has 0 aliphatic heterocycles. The van der Waals surface area contributed by atoms with Crippen molar-refractivity contribution in [3.8, 4) is 0 Å². The highest BCUT2D eigenvalue weighted by Gasteiger charge is 2.31. The Hall–Kier alpha value is -1.21. The average Bonchev–Trinajstić information content (AvgIpc) is 3.09. The molecule has 1 fully saturated rings. The van der Waals surface area contributed by atoms with E-state index in [1.165, 1.54) is 28.2 Å². The number of hydrogen-bond acceptors (Lipinski definition) is 6. The zero-order valence-electron chi connectivity index (χ0n) is 12.5. The van der Waals surface area contributed by atoms with Crippen molar-refractivity contribution >= 4 is 50.3 Å². The monoisotopic (exact) mass is 364 g/mol. The minimum Gasteiger partial charge on any atom is -0.364 e.